The first-order valence-electron chi connectivity index (χ1n) is 17.4. The van der Waals surface area contributed by atoms with Crippen LogP contribution in [-0.2, 0) is 38.8 Å². The summed E-state index contributed by atoms with van der Waals surface area (Å²) in [4.78, 5) is 41.5. The van der Waals surface area contributed by atoms with Crippen molar-refractivity contribution >= 4 is 18.0 Å². The predicted molar refractivity (Wildman–Crippen MR) is 194 cm³/mol. The van der Waals surface area contributed by atoms with Crippen LogP contribution < -0.4 is 5.32 Å². The van der Waals surface area contributed by atoms with E-state index in [1.807, 2.05) is 116 Å². The molecule has 0 aliphatic rings. The summed E-state index contributed by atoms with van der Waals surface area (Å²) in [6.07, 6.45) is 2.93. The second-order valence-corrected chi connectivity index (χ2v) is 12.2. The molecule has 0 radical (unpaired) electrons. The molecule has 0 bridgehead atoms. The van der Waals surface area contributed by atoms with Gasteiger partial charge in [-0.3, -0.25) is 4.79 Å². The van der Waals surface area contributed by atoms with Gasteiger partial charge in [0.2, 0.25) is 11.7 Å². The van der Waals surface area contributed by atoms with Crippen molar-refractivity contribution in [1.82, 2.24) is 30.8 Å². The minimum Gasteiger partial charge on any atom is -0.459 e. The third-order valence-corrected chi connectivity index (χ3v) is 8.45. The molecule has 5 rings (SSSR count). The first-order chi connectivity index (χ1) is 25.0. The smallest absolute Gasteiger partial charge is 0.407 e. The van der Waals surface area contributed by atoms with Gasteiger partial charge in [0.15, 0.2) is 0 Å². The van der Waals surface area contributed by atoms with Crippen LogP contribution in [0.1, 0.15) is 62.1 Å². The largest absolute Gasteiger partial charge is 0.459 e. The van der Waals surface area contributed by atoms with Gasteiger partial charge in [-0.05, 0) is 58.7 Å². The van der Waals surface area contributed by atoms with Crippen LogP contribution in [0.15, 0.2) is 109 Å². The lowest BCUT2D eigenvalue weighted by Crippen LogP contribution is -2.45. The number of unbranched alkanes of at least 4 members (excludes halogenated alkanes) is 2. The molecule has 1 aromatic heterocycles. The molecular formula is C40H44N6O5. The SMILES string of the molecule is CCCCC(=O)N(Cc1ccc(-c2ccccc2-c2nn[nH]n2)cc1)[C@@H](CCCCNC(=O)OCc1ccccc1)C(=O)OCc1ccccc1. The molecular weight excluding hydrogens is 644 g/mol. The minimum atomic E-state index is -0.804. The van der Waals surface area contributed by atoms with Gasteiger partial charge < -0.3 is 19.7 Å². The molecule has 0 saturated heterocycles. The van der Waals surface area contributed by atoms with Crippen molar-refractivity contribution < 1.29 is 23.9 Å². The van der Waals surface area contributed by atoms with Crippen molar-refractivity contribution in [3.05, 3.63) is 126 Å². The fourth-order valence-corrected chi connectivity index (χ4v) is 5.69. The number of amides is 2. The Balaban J connectivity index is 1.28. The second kappa shape index (κ2) is 19.4. The number of hydrogen-bond donors (Lipinski definition) is 2. The normalized spacial score (nSPS) is 11.4. The Kier molecular flexibility index (Phi) is 13.8. The summed E-state index contributed by atoms with van der Waals surface area (Å²) in [5.41, 5.74) is 5.39. The number of aromatic nitrogens is 4. The third-order valence-electron chi connectivity index (χ3n) is 8.45. The van der Waals surface area contributed by atoms with Crippen LogP contribution in [-0.4, -0.2) is 56.1 Å². The van der Waals surface area contributed by atoms with Gasteiger partial charge in [-0.25, -0.2) is 9.59 Å². The lowest BCUT2D eigenvalue weighted by Gasteiger charge is -2.31. The number of rotatable bonds is 18. The summed E-state index contributed by atoms with van der Waals surface area (Å²) in [7, 11) is 0. The number of aromatic amines is 1. The lowest BCUT2D eigenvalue weighted by molar-refractivity contribution is -0.157. The topological polar surface area (TPSA) is 139 Å². The van der Waals surface area contributed by atoms with Crippen molar-refractivity contribution in [3.63, 3.8) is 0 Å². The molecule has 11 heteroatoms. The molecule has 0 aliphatic heterocycles. The van der Waals surface area contributed by atoms with Crippen LogP contribution in [0.25, 0.3) is 22.5 Å². The average Bonchev–Trinajstić information content (AvgIpc) is 3.72. The molecule has 11 nitrogen and oxygen atoms in total. The van der Waals surface area contributed by atoms with Crippen LogP contribution in [0, 0.1) is 0 Å². The number of tetrazole rings is 1. The van der Waals surface area contributed by atoms with Crippen molar-refractivity contribution in [1.29, 1.82) is 0 Å². The standard InChI is InChI=1S/C40H44N6O5/c1-2-3-21-37(47)46(27-30-22-24-33(25-23-30)34-18-10-11-19-35(34)38-42-44-45-43-38)36(39(48)50-28-31-14-6-4-7-15-31)20-12-13-26-41-40(49)51-29-32-16-8-5-9-17-32/h4-11,14-19,22-25,36H,2-3,12-13,20-21,26-29H2,1H3,(H,41,49)(H,42,43,44,45)/t36-/m0/s1. The van der Waals surface area contributed by atoms with E-state index in [1.165, 1.54) is 0 Å². The van der Waals surface area contributed by atoms with Gasteiger partial charge in [-0.2, -0.15) is 5.21 Å². The zero-order valence-corrected chi connectivity index (χ0v) is 28.9. The minimum absolute atomic E-state index is 0.104. The lowest BCUT2D eigenvalue weighted by atomic mass is 9.98. The molecule has 1 heterocycles. The zero-order chi connectivity index (χ0) is 35.7. The summed E-state index contributed by atoms with van der Waals surface area (Å²) >= 11 is 0. The highest BCUT2D eigenvalue weighted by Gasteiger charge is 2.31. The molecule has 264 valence electrons. The molecule has 0 unspecified atom stereocenters. The van der Waals surface area contributed by atoms with Crippen LogP contribution in [0.2, 0.25) is 0 Å². The Morgan fingerprint density at radius 2 is 1.39 bits per heavy atom. The van der Waals surface area contributed by atoms with E-state index in [0.29, 0.717) is 44.5 Å². The van der Waals surface area contributed by atoms with Gasteiger partial charge in [-0.15, -0.1) is 10.2 Å². The quantitative estimate of drug-likeness (QED) is 0.0725. The monoisotopic (exact) mass is 688 g/mol. The number of carbonyl (C=O) groups is 3. The molecule has 2 N–H and O–H groups in total. The Hall–Kier alpha value is -5.84. The van der Waals surface area contributed by atoms with E-state index in [-0.39, 0.29) is 25.7 Å². The molecule has 4 aromatic carbocycles. The Bertz CT molecular complexity index is 1800. The van der Waals surface area contributed by atoms with E-state index < -0.39 is 18.1 Å². The molecule has 0 aliphatic carbocycles. The summed E-state index contributed by atoms with van der Waals surface area (Å²) < 4.78 is 11.1. The average molecular weight is 689 g/mol. The van der Waals surface area contributed by atoms with E-state index in [1.54, 1.807) is 4.90 Å². The zero-order valence-electron chi connectivity index (χ0n) is 28.9. The van der Waals surface area contributed by atoms with Gasteiger partial charge in [0, 0.05) is 25.1 Å². The number of alkyl carbamates (subject to hydrolysis) is 1. The molecule has 0 saturated carbocycles. The van der Waals surface area contributed by atoms with Gasteiger partial charge in [0.25, 0.3) is 0 Å². The Labute approximate surface area is 298 Å². The van der Waals surface area contributed by atoms with Gasteiger partial charge >= 0.3 is 12.1 Å². The maximum atomic E-state index is 13.8. The van der Waals surface area contributed by atoms with Gasteiger partial charge in [-0.1, -0.05) is 123 Å². The summed E-state index contributed by atoms with van der Waals surface area (Å²) in [5.74, 6) is -0.0595. The van der Waals surface area contributed by atoms with Crippen molar-refractivity contribution in [2.75, 3.05) is 6.54 Å². The van der Waals surface area contributed by atoms with Crippen LogP contribution in [0.3, 0.4) is 0 Å². The van der Waals surface area contributed by atoms with Crippen molar-refractivity contribution in [2.45, 2.75) is 71.2 Å². The first kappa shape index (κ1) is 36.4. The van der Waals surface area contributed by atoms with Crippen LogP contribution in [0.5, 0.6) is 0 Å². The maximum Gasteiger partial charge on any atom is 0.407 e. The maximum absolute atomic E-state index is 13.8. The fraction of sp³-hybridized carbons (Fsp3) is 0.300. The molecule has 51 heavy (non-hydrogen) atoms. The van der Waals surface area contributed by atoms with Gasteiger partial charge in [0.1, 0.15) is 19.3 Å². The molecule has 0 fully saturated rings. The number of carbonyl (C=O) groups excluding carboxylic acids is 3. The second-order valence-electron chi connectivity index (χ2n) is 12.2. The van der Waals surface area contributed by atoms with E-state index in [4.69, 9.17) is 9.47 Å². The number of nitrogens with zero attached hydrogens (tertiary/aromatic N) is 4. The molecule has 1 atom stereocenters. The molecule has 5 aromatic rings. The van der Waals surface area contributed by atoms with Gasteiger partial charge in [0.05, 0.1) is 0 Å². The highest BCUT2D eigenvalue weighted by atomic mass is 16.5. The molecule has 0 spiro atoms. The van der Waals surface area contributed by atoms with Crippen molar-refractivity contribution in [2.24, 2.45) is 0 Å². The van der Waals surface area contributed by atoms with E-state index in [0.717, 1.165) is 39.8 Å². The summed E-state index contributed by atoms with van der Waals surface area (Å²) in [5, 5.41) is 17.3. The Morgan fingerprint density at radius 1 is 0.745 bits per heavy atom. The fourth-order valence-electron chi connectivity index (χ4n) is 5.69. The van der Waals surface area contributed by atoms with E-state index in [9.17, 15) is 14.4 Å². The summed E-state index contributed by atoms with van der Waals surface area (Å²) in [6, 6.07) is 33.9. The number of H-pyrrole nitrogens is 1. The highest BCUT2D eigenvalue weighted by molar-refractivity contribution is 5.85. The molecule has 2 amide bonds. The highest BCUT2D eigenvalue weighted by Crippen LogP contribution is 2.30. The van der Waals surface area contributed by atoms with Crippen LogP contribution >= 0.6 is 0 Å². The predicted octanol–water partition coefficient (Wildman–Crippen LogP) is 7.26. The third kappa shape index (κ3) is 11.1. The van der Waals surface area contributed by atoms with Crippen molar-refractivity contribution in [3.8, 4) is 22.5 Å². The number of ether oxygens (including phenoxy) is 2. The number of esters is 1. The van der Waals surface area contributed by atoms with Crippen LogP contribution in [0.4, 0.5) is 4.79 Å². The summed E-state index contributed by atoms with van der Waals surface area (Å²) in [6.45, 7) is 2.94. The Morgan fingerprint density at radius 3 is 2.04 bits per heavy atom. The number of benzene rings is 4. The number of hydrogen-bond acceptors (Lipinski definition) is 8. The first-order valence-corrected chi connectivity index (χ1v) is 17.4. The number of nitrogens with one attached hydrogen (secondary N) is 2. The van der Waals surface area contributed by atoms with E-state index in [2.05, 4.69) is 25.9 Å². The van der Waals surface area contributed by atoms with E-state index >= 15 is 0 Å².